The summed E-state index contributed by atoms with van der Waals surface area (Å²) < 4.78 is 7.92. The lowest BCUT2D eigenvalue weighted by Crippen LogP contribution is -2.40. The van der Waals surface area contributed by atoms with E-state index < -0.39 is 5.54 Å². The number of benzene rings is 2. The number of fused-ring (bicyclic) bond motifs is 3. The monoisotopic (exact) mass is 449 g/mol. The van der Waals surface area contributed by atoms with E-state index in [0.29, 0.717) is 29.9 Å². The quantitative estimate of drug-likeness (QED) is 0.517. The molecule has 1 fully saturated rings. The summed E-state index contributed by atoms with van der Waals surface area (Å²) >= 11 is 6.24. The lowest BCUT2D eigenvalue weighted by molar-refractivity contribution is -0.133. The van der Waals surface area contributed by atoms with E-state index in [1.54, 1.807) is 7.11 Å². The van der Waals surface area contributed by atoms with Gasteiger partial charge in [0.15, 0.2) is 0 Å². The van der Waals surface area contributed by atoms with Gasteiger partial charge < -0.3 is 14.2 Å². The van der Waals surface area contributed by atoms with Crippen molar-refractivity contribution in [3.63, 3.8) is 0 Å². The van der Waals surface area contributed by atoms with E-state index in [0.717, 1.165) is 41.1 Å². The summed E-state index contributed by atoms with van der Waals surface area (Å²) in [5, 5.41) is 0.689. The Morgan fingerprint density at radius 1 is 1.16 bits per heavy atom. The molecule has 1 aromatic heterocycles. The largest absolute Gasteiger partial charge is 0.496 e. The molecule has 2 aliphatic rings. The van der Waals surface area contributed by atoms with Gasteiger partial charge in [0.2, 0.25) is 5.91 Å². The van der Waals surface area contributed by atoms with Crippen LogP contribution in [0.15, 0.2) is 54.9 Å². The van der Waals surface area contributed by atoms with Gasteiger partial charge in [0.25, 0.3) is 0 Å². The molecule has 1 saturated heterocycles. The Bertz CT molecular complexity index is 1150. The van der Waals surface area contributed by atoms with Crippen LogP contribution in [0, 0.1) is 0 Å². The molecule has 166 valence electrons. The number of carbonyl (C=O) groups is 1. The van der Waals surface area contributed by atoms with Crippen molar-refractivity contribution >= 4 is 17.5 Å². The fraction of sp³-hybridized carbons (Fsp3) is 0.385. The van der Waals surface area contributed by atoms with Gasteiger partial charge in [-0.15, -0.1) is 0 Å². The first-order chi connectivity index (χ1) is 15.5. The van der Waals surface area contributed by atoms with E-state index in [4.69, 9.17) is 16.3 Å². The second-order valence-corrected chi connectivity index (χ2v) is 9.38. The number of hydrogen-bond donors (Lipinski definition) is 0. The Morgan fingerprint density at radius 2 is 1.88 bits per heavy atom. The van der Waals surface area contributed by atoms with Crippen LogP contribution in [0.5, 0.6) is 5.75 Å². The minimum Gasteiger partial charge on any atom is -0.496 e. The predicted molar refractivity (Wildman–Crippen MR) is 126 cm³/mol. The van der Waals surface area contributed by atoms with Crippen molar-refractivity contribution in [1.29, 1.82) is 0 Å². The Kier molecular flexibility index (Phi) is 5.25. The minimum atomic E-state index is -0.553. The summed E-state index contributed by atoms with van der Waals surface area (Å²) in [6.07, 6.45) is 7.05. The van der Waals surface area contributed by atoms with Crippen molar-refractivity contribution in [3.05, 3.63) is 71.0 Å². The zero-order chi connectivity index (χ0) is 22.5. The summed E-state index contributed by atoms with van der Waals surface area (Å²) in [5.74, 6) is 1.87. The summed E-state index contributed by atoms with van der Waals surface area (Å²) in [6.45, 7) is 4.31. The molecule has 5 nitrogen and oxygen atoms in total. The first-order valence-electron chi connectivity index (χ1n) is 11.3. The number of rotatable bonds is 5. The van der Waals surface area contributed by atoms with Crippen LogP contribution in [0.4, 0.5) is 0 Å². The molecule has 3 unspecified atom stereocenters. The highest BCUT2D eigenvalue weighted by Crippen LogP contribution is 2.52. The van der Waals surface area contributed by atoms with E-state index in [2.05, 4.69) is 46.5 Å². The van der Waals surface area contributed by atoms with Crippen LogP contribution in [-0.2, 0) is 10.3 Å². The van der Waals surface area contributed by atoms with Gasteiger partial charge in [-0.05, 0) is 62.4 Å². The molecular weight excluding hydrogens is 422 g/mol. The number of halogens is 1. The van der Waals surface area contributed by atoms with Crippen molar-refractivity contribution < 1.29 is 9.53 Å². The fourth-order valence-corrected chi connectivity index (χ4v) is 5.85. The van der Waals surface area contributed by atoms with Crippen LogP contribution in [0.1, 0.15) is 50.7 Å². The van der Waals surface area contributed by atoms with Crippen molar-refractivity contribution in [2.45, 2.75) is 57.2 Å². The Hall–Kier alpha value is -2.79. The molecule has 2 aliphatic heterocycles. The van der Waals surface area contributed by atoms with Gasteiger partial charge in [-0.1, -0.05) is 35.9 Å². The van der Waals surface area contributed by atoms with Crippen molar-refractivity contribution in [1.82, 2.24) is 14.5 Å². The first kappa shape index (κ1) is 21.1. The van der Waals surface area contributed by atoms with Gasteiger partial charge >= 0.3 is 0 Å². The SMILES string of the molecule is COc1cccc2c1-c1nccn1C2(CCC(=O)N1C(C)CCC1C)c1ccc(Cl)cc1. The van der Waals surface area contributed by atoms with Crippen molar-refractivity contribution in [2.24, 2.45) is 0 Å². The maximum atomic E-state index is 13.4. The highest BCUT2D eigenvalue weighted by molar-refractivity contribution is 6.30. The normalized spacial score (nSPS) is 23.8. The van der Waals surface area contributed by atoms with E-state index in [1.165, 1.54) is 0 Å². The van der Waals surface area contributed by atoms with E-state index in [1.807, 2.05) is 36.7 Å². The van der Waals surface area contributed by atoms with E-state index in [-0.39, 0.29) is 5.91 Å². The number of nitrogens with zero attached hydrogens (tertiary/aromatic N) is 3. The molecule has 3 aromatic rings. The van der Waals surface area contributed by atoms with Crippen molar-refractivity contribution in [3.8, 4) is 17.1 Å². The van der Waals surface area contributed by atoms with Gasteiger partial charge in [0.05, 0.1) is 18.2 Å². The van der Waals surface area contributed by atoms with Gasteiger partial charge in [-0.3, -0.25) is 4.79 Å². The second kappa shape index (κ2) is 7.96. The van der Waals surface area contributed by atoms with Crippen LogP contribution in [0.3, 0.4) is 0 Å². The third-order valence-electron chi connectivity index (χ3n) is 7.23. The molecule has 0 spiro atoms. The average Bonchev–Trinajstić information content (AvgIpc) is 3.47. The number of ether oxygens (including phenoxy) is 1. The summed E-state index contributed by atoms with van der Waals surface area (Å²) in [7, 11) is 1.69. The van der Waals surface area contributed by atoms with Crippen LogP contribution in [0.25, 0.3) is 11.4 Å². The third-order valence-corrected chi connectivity index (χ3v) is 7.48. The van der Waals surface area contributed by atoms with Gasteiger partial charge in [-0.25, -0.2) is 4.98 Å². The maximum absolute atomic E-state index is 13.4. The molecule has 0 N–H and O–H groups in total. The van der Waals surface area contributed by atoms with E-state index >= 15 is 0 Å². The minimum absolute atomic E-state index is 0.217. The Labute approximate surface area is 194 Å². The predicted octanol–water partition coefficient (Wildman–Crippen LogP) is 5.50. The van der Waals surface area contributed by atoms with Crippen LogP contribution in [0.2, 0.25) is 5.02 Å². The lowest BCUT2D eigenvalue weighted by Gasteiger charge is -2.35. The first-order valence-corrected chi connectivity index (χ1v) is 11.6. The molecule has 1 amide bonds. The van der Waals surface area contributed by atoms with E-state index in [9.17, 15) is 4.79 Å². The Balaban J connectivity index is 1.63. The average molecular weight is 450 g/mol. The Morgan fingerprint density at radius 3 is 2.56 bits per heavy atom. The number of methoxy groups -OCH3 is 1. The van der Waals surface area contributed by atoms with Crippen LogP contribution < -0.4 is 4.74 Å². The molecule has 3 atom stereocenters. The smallest absolute Gasteiger partial charge is 0.223 e. The number of aromatic nitrogens is 2. The molecule has 0 saturated carbocycles. The molecule has 5 rings (SSSR count). The van der Waals surface area contributed by atoms with Crippen molar-refractivity contribution in [2.75, 3.05) is 7.11 Å². The molecule has 32 heavy (non-hydrogen) atoms. The highest BCUT2D eigenvalue weighted by Gasteiger charge is 2.46. The molecule has 0 radical (unpaired) electrons. The lowest BCUT2D eigenvalue weighted by atomic mass is 9.79. The molecule has 2 aromatic carbocycles. The van der Waals surface area contributed by atoms with Gasteiger partial charge in [-0.2, -0.15) is 0 Å². The number of amides is 1. The molecule has 6 heteroatoms. The number of carbonyl (C=O) groups excluding carboxylic acids is 1. The van der Waals surface area contributed by atoms with Gasteiger partial charge in [0, 0.05) is 35.9 Å². The van der Waals surface area contributed by atoms with Crippen LogP contribution in [-0.4, -0.2) is 39.6 Å². The highest BCUT2D eigenvalue weighted by atomic mass is 35.5. The molecule has 0 aliphatic carbocycles. The zero-order valence-corrected chi connectivity index (χ0v) is 19.5. The fourth-order valence-electron chi connectivity index (χ4n) is 5.73. The molecule has 3 heterocycles. The standard InChI is InChI=1S/C26H28ClN3O2/c1-17-7-8-18(2)30(17)23(31)13-14-26(19-9-11-20(27)12-10-19)21-5-4-6-22(32-3)24(21)25-28-15-16-29(25)26/h4-6,9-12,15-18H,7-8,13-14H2,1-3H3. The second-order valence-electron chi connectivity index (χ2n) is 8.95. The number of hydrogen-bond acceptors (Lipinski definition) is 3. The number of likely N-dealkylation sites (tertiary alicyclic amines) is 1. The molecule has 0 bridgehead atoms. The zero-order valence-electron chi connectivity index (χ0n) is 18.7. The van der Waals surface area contributed by atoms with Gasteiger partial charge in [0.1, 0.15) is 11.6 Å². The summed E-state index contributed by atoms with van der Waals surface area (Å²) in [4.78, 5) is 20.1. The topological polar surface area (TPSA) is 47.4 Å². The number of imidazole rings is 1. The summed E-state index contributed by atoms with van der Waals surface area (Å²) in [5.41, 5.74) is 2.63. The third kappa shape index (κ3) is 3.06. The maximum Gasteiger partial charge on any atom is 0.223 e. The molecular formula is C26H28ClN3O2. The van der Waals surface area contributed by atoms with Crippen LogP contribution >= 0.6 is 11.6 Å². The summed E-state index contributed by atoms with van der Waals surface area (Å²) in [6, 6.07) is 14.7.